The Hall–Kier alpha value is -4.05. The summed E-state index contributed by atoms with van der Waals surface area (Å²) in [5, 5.41) is 11.8. The van der Waals surface area contributed by atoms with Crippen LogP contribution in [-0.2, 0) is 33.3 Å². The third-order valence-corrected chi connectivity index (χ3v) is 14.5. The van der Waals surface area contributed by atoms with E-state index >= 15 is 0 Å². The summed E-state index contributed by atoms with van der Waals surface area (Å²) in [6.45, 7) is 4.53. The summed E-state index contributed by atoms with van der Waals surface area (Å²) in [6.07, 6.45) is 86.0. The number of allylic oxidation sites excluding steroid dienone is 18. The lowest BCUT2D eigenvalue weighted by Gasteiger charge is -2.26. The van der Waals surface area contributed by atoms with Crippen LogP contribution in [0.5, 0.6) is 0 Å². The zero-order chi connectivity index (χ0) is 60.5. The van der Waals surface area contributed by atoms with Crippen LogP contribution in [0.25, 0.3) is 0 Å². The summed E-state index contributed by atoms with van der Waals surface area (Å²) in [6, 6.07) is 0. The Bertz CT molecular complexity index is 1730. The molecule has 0 bridgehead atoms. The van der Waals surface area contributed by atoms with Crippen LogP contribution in [0.1, 0.15) is 284 Å². The summed E-state index contributed by atoms with van der Waals surface area (Å²) in [5.41, 5.74) is 0. The molecule has 9 nitrogen and oxygen atoms in total. The van der Waals surface area contributed by atoms with Gasteiger partial charge in [-0.05, 0) is 96.3 Å². The molecule has 83 heavy (non-hydrogen) atoms. The van der Waals surface area contributed by atoms with Crippen LogP contribution in [0.2, 0.25) is 0 Å². The highest BCUT2D eigenvalue weighted by molar-refractivity contribution is 5.70. The van der Waals surface area contributed by atoms with Crippen molar-refractivity contribution in [3.63, 3.8) is 0 Å². The number of hydrogen-bond acceptors (Lipinski definition) is 8. The predicted molar refractivity (Wildman–Crippen MR) is 352 cm³/mol. The molecule has 0 N–H and O–H groups in total. The van der Waals surface area contributed by atoms with E-state index in [1.165, 1.54) is 148 Å². The zero-order valence-corrected chi connectivity index (χ0v) is 54.3. The number of likely N-dealkylation sites (N-methyl/N-ethyl adjacent to an activating group) is 1. The van der Waals surface area contributed by atoms with Crippen LogP contribution < -0.4 is 5.11 Å². The first-order chi connectivity index (χ1) is 40.6. The normalized spacial score (nSPS) is 13.4. The van der Waals surface area contributed by atoms with Gasteiger partial charge in [0, 0.05) is 12.8 Å². The Morgan fingerprint density at radius 3 is 0.964 bits per heavy atom. The van der Waals surface area contributed by atoms with E-state index < -0.39 is 24.3 Å². The third kappa shape index (κ3) is 65.3. The van der Waals surface area contributed by atoms with Crippen molar-refractivity contribution in [1.82, 2.24) is 0 Å². The van der Waals surface area contributed by atoms with Gasteiger partial charge in [-0.2, -0.15) is 0 Å². The first-order valence-corrected chi connectivity index (χ1v) is 34.0. The summed E-state index contributed by atoms with van der Waals surface area (Å²) < 4.78 is 22.8. The number of carbonyl (C=O) groups excluding carboxylic acids is 3. The van der Waals surface area contributed by atoms with Crippen molar-refractivity contribution < 1.29 is 42.9 Å². The highest BCUT2D eigenvalue weighted by atomic mass is 16.7. The maximum Gasteiger partial charge on any atom is 0.306 e. The van der Waals surface area contributed by atoms with Crippen molar-refractivity contribution in [2.45, 2.75) is 296 Å². The standard InChI is InChI=1S/C74H127NO8/c1-6-8-10-12-14-16-18-20-22-24-26-28-29-30-31-32-33-34-35-36-37-38-39-40-41-42-43-45-47-49-51-53-55-57-59-61-63-65-72(77)83-70(69-82-74(73(78)79)80-67-66-75(3,4)5)68-81-71(76)64-62-60-58-56-54-52-50-48-46-44-27-25-23-21-19-17-15-13-11-9-7-2/h8-11,14-17,20-23,26-28,30-31,44,70,74H,6-7,12-13,18-19,24-25,29,32-43,45-69H2,1-5H3/b10-8-,11-9-,16-14-,17-15-,22-20-,23-21-,28-26-,31-30-,44-27-. The van der Waals surface area contributed by atoms with Gasteiger partial charge >= 0.3 is 11.9 Å². The molecule has 2 unspecified atom stereocenters. The number of carboxylic acids is 1. The molecule has 0 aliphatic carbocycles. The van der Waals surface area contributed by atoms with Crippen molar-refractivity contribution in [1.29, 1.82) is 0 Å². The molecule has 0 saturated carbocycles. The first-order valence-electron chi connectivity index (χ1n) is 34.0. The predicted octanol–water partition coefficient (Wildman–Crippen LogP) is 19.7. The first kappa shape index (κ1) is 79.0. The van der Waals surface area contributed by atoms with Gasteiger partial charge in [0.1, 0.15) is 13.2 Å². The minimum absolute atomic E-state index is 0.143. The number of carbonyl (C=O) groups is 3. The lowest BCUT2D eigenvalue weighted by atomic mass is 10.0. The maximum absolute atomic E-state index is 12.9. The number of quaternary nitrogens is 1. The summed E-state index contributed by atoms with van der Waals surface area (Å²) in [5.74, 6) is -2.29. The van der Waals surface area contributed by atoms with E-state index in [0.717, 1.165) is 103 Å². The smallest absolute Gasteiger partial charge is 0.306 e. The number of aliphatic carboxylic acids is 1. The van der Waals surface area contributed by atoms with Gasteiger partial charge in [0.2, 0.25) is 0 Å². The largest absolute Gasteiger partial charge is 0.545 e. The monoisotopic (exact) mass is 1160 g/mol. The topological polar surface area (TPSA) is 111 Å². The fourth-order valence-corrected chi connectivity index (χ4v) is 9.38. The van der Waals surface area contributed by atoms with Crippen LogP contribution in [-0.4, -0.2) is 82.3 Å². The van der Waals surface area contributed by atoms with Crippen molar-refractivity contribution in [3.8, 4) is 0 Å². The van der Waals surface area contributed by atoms with E-state index in [1.807, 2.05) is 21.1 Å². The fourth-order valence-electron chi connectivity index (χ4n) is 9.38. The van der Waals surface area contributed by atoms with Gasteiger partial charge in [0.15, 0.2) is 12.4 Å². The molecule has 0 spiro atoms. The van der Waals surface area contributed by atoms with Gasteiger partial charge in [-0.1, -0.05) is 284 Å². The molecule has 0 radical (unpaired) electrons. The average Bonchev–Trinajstić information content (AvgIpc) is 3.46. The lowest BCUT2D eigenvalue weighted by Crippen LogP contribution is -2.44. The molecule has 2 atom stereocenters. The molecule has 0 aromatic heterocycles. The highest BCUT2D eigenvalue weighted by Crippen LogP contribution is 2.17. The maximum atomic E-state index is 12.9. The molecule has 476 valence electrons. The zero-order valence-electron chi connectivity index (χ0n) is 54.3. The Morgan fingerprint density at radius 1 is 0.361 bits per heavy atom. The van der Waals surface area contributed by atoms with Crippen molar-refractivity contribution in [3.05, 3.63) is 109 Å². The molecule has 0 aromatic rings. The molecule has 0 aromatic carbocycles. The SMILES string of the molecule is CC/C=C\C/C=C\C/C=C\C/C=C\C/C=C\CCCCCCCCCCCCCCCCCCCCCCCC(=O)OC(COC(=O)CCCCCCCCCC/C=C\C/C=C\C/C=C\C/C=C\CC)COC(OCC[N+](C)(C)C)C(=O)[O-]. The van der Waals surface area contributed by atoms with Gasteiger partial charge in [0.25, 0.3) is 0 Å². The van der Waals surface area contributed by atoms with E-state index in [9.17, 15) is 19.5 Å². The second-order valence-electron chi connectivity index (χ2n) is 23.7. The van der Waals surface area contributed by atoms with Crippen molar-refractivity contribution >= 4 is 17.9 Å². The molecule has 0 saturated heterocycles. The Balaban J connectivity index is 4.07. The van der Waals surface area contributed by atoms with Crippen LogP contribution >= 0.6 is 0 Å². The second-order valence-corrected chi connectivity index (χ2v) is 23.7. The Labute approximate surface area is 511 Å². The van der Waals surface area contributed by atoms with Crippen LogP contribution in [0.15, 0.2) is 109 Å². The molecule has 9 heteroatoms. The number of hydrogen-bond donors (Lipinski definition) is 0. The molecule has 0 amide bonds. The lowest BCUT2D eigenvalue weighted by molar-refractivity contribution is -0.870. The second kappa shape index (κ2) is 64.0. The highest BCUT2D eigenvalue weighted by Gasteiger charge is 2.22. The van der Waals surface area contributed by atoms with Gasteiger partial charge in [-0.25, -0.2) is 0 Å². The number of esters is 2. The minimum atomic E-state index is -1.63. The van der Waals surface area contributed by atoms with Crippen LogP contribution in [0.3, 0.4) is 0 Å². The summed E-state index contributed by atoms with van der Waals surface area (Å²) in [4.78, 5) is 37.4. The van der Waals surface area contributed by atoms with E-state index in [2.05, 4.69) is 123 Å². The molecular weight excluding hydrogens is 1030 g/mol. The Kier molecular flexibility index (Phi) is 60.8. The molecule has 0 heterocycles. The molecule has 0 fully saturated rings. The van der Waals surface area contributed by atoms with E-state index in [-0.39, 0.29) is 38.6 Å². The number of unbranched alkanes of at least 4 members (excludes halogenated alkanes) is 29. The molecule has 0 aliphatic heterocycles. The van der Waals surface area contributed by atoms with E-state index in [4.69, 9.17) is 18.9 Å². The fraction of sp³-hybridized carbons (Fsp3) is 0.716. The molecule has 0 rings (SSSR count). The van der Waals surface area contributed by atoms with Gasteiger partial charge in [-0.15, -0.1) is 0 Å². The third-order valence-electron chi connectivity index (χ3n) is 14.5. The number of carboxylic acid groups (broad SMARTS) is 1. The van der Waals surface area contributed by atoms with E-state index in [0.29, 0.717) is 17.4 Å². The number of nitrogens with zero attached hydrogens (tertiary/aromatic N) is 1. The number of rotatable bonds is 62. The Morgan fingerprint density at radius 2 is 0.651 bits per heavy atom. The number of ether oxygens (including phenoxy) is 4. The van der Waals surface area contributed by atoms with Gasteiger partial charge in [0.05, 0.1) is 40.3 Å². The van der Waals surface area contributed by atoms with Crippen LogP contribution in [0.4, 0.5) is 0 Å². The average molecular weight is 1160 g/mol. The molecular formula is C74H127NO8. The summed E-state index contributed by atoms with van der Waals surface area (Å²) in [7, 11) is 5.93. The summed E-state index contributed by atoms with van der Waals surface area (Å²) >= 11 is 0. The van der Waals surface area contributed by atoms with Crippen LogP contribution in [0, 0.1) is 0 Å². The van der Waals surface area contributed by atoms with Crippen molar-refractivity contribution in [2.24, 2.45) is 0 Å². The quantitative estimate of drug-likeness (QED) is 0.0195. The molecule has 0 aliphatic rings. The van der Waals surface area contributed by atoms with E-state index in [1.54, 1.807) is 0 Å². The van der Waals surface area contributed by atoms with Crippen molar-refractivity contribution in [2.75, 3.05) is 47.5 Å². The van der Waals surface area contributed by atoms with Gasteiger partial charge < -0.3 is 33.3 Å². The van der Waals surface area contributed by atoms with Gasteiger partial charge in [-0.3, -0.25) is 9.59 Å². The minimum Gasteiger partial charge on any atom is -0.545 e.